The van der Waals surface area contributed by atoms with Crippen molar-refractivity contribution in [2.24, 2.45) is 0 Å². The SMILES string of the molecule is CNC(c1cccc(Cl)c1)C1(N(C)C)CCCCCC1. The lowest BCUT2D eigenvalue weighted by Crippen LogP contribution is -2.52. The zero-order valence-corrected chi connectivity index (χ0v) is 13.7. The molecular weight excluding hydrogens is 268 g/mol. The molecule has 1 aliphatic carbocycles. The van der Waals surface area contributed by atoms with Crippen molar-refractivity contribution >= 4 is 11.6 Å². The number of likely N-dealkylation sites (N-methyl/N-ethyl adjacent to an activating group) is 2. The van der Waals surface area contributed by atoms with Gasteiger partial charge in [-0.25, -0.2) is 0 Å². The van der Waals surface area contributed by atoms with E-state index in [1.165, 1.54) is 44.1 Å². The zero-order chi connectivity index (χ0) is 14.6. The lowest BCUT2D eigenvalue weighted by Gasteiger charge is -2.46. The third kappa shape index (κ3) is 3.19. The first kappa shape index (κ1) is 15.8. The number of halogens is 1. The smallest absolute Gasteiger partial charge is 0.0505 e. The predicted octanol–water partition coefficient (Wildman–Crippen LogP) is 4.26. The first-order chi connectivity index (χ1) is 9.60. The van der Waals surface area contributed by atoms with Crippen molar-refractivity contribution in [3.05, 3.63) is 34.9 Å². The minimum absolute atomic E-state index is 0.190. The number of hydrogen-bond acceptors (Lipinski definition) is 2. The van der Waals surface area contributed by atoms with E-state index in [0.717, 1.165) is 5.02 Å². The number of rotatable bonds is 4. The summed E-state index contributed by atoms with van der Waals surface area (Å²) in [5.74, 6) is 0. The Labute approximate surface area is 128 Å². The van der Waals surface area contributed by atoms with Gasteiger partial charge in [-0.3, -0.25) is 0 Å². The zero-order valence-electron chi connectivity index (χ0n) is 13.0. The van der Waals surface area contributed by atoms with Gasteiger partial charge in [-0.2, -0.15) is 0 Å². The fraction of sp³-hybridized carbons (Fsp3) is 0.647. The van der Waals surface area contributed by atoms with Crippen molar-refractivity contribution in [3.8, 4) is 0 Å². The van der Waals surface area contributed by atoms with E-state index in [4.69, 9.17) is 11.6 Å². The molecule has 3 heteroatoms. The van der Waals surface area contributed by atoms with Crippen LogP contribution in [0.3, 0.4) is 0 Å². The van der Waals surface area contributed by atoms with Gasteiger partial charge in [0.2, 0.25) is 0 Å². The first-order valence-corrected chi connectivity index (χ1v) is 8.08. The Balaban J connectivity index is 2.38. The molecule has 0 bridgehead atoms. The molecule has 0 aliphatic heterocycles. The van der Waals surface area contributed by atoms with Gasteiger partial charge in [0.25, 0.3) is 0 Å². The molecule has 1 aromatic rings. The molecule has 1 atom stereocenters. The fourth-order valence-electron chi connectivity index (χ4n) is 3.77. The summed E-state index contributed by atoms with van der Waals surface area (Å²) in [5, 5.41) is 4.39. The topological polar surface area (TPSA) is 15.3 Å². The van der Waals surface area contributed by atoms with Crippen LogP contribution in [0.1, 0.15) is 50.1 Å². The van der Waals surface area contributed by atoms with Crippen LogP contribution in [0, 0.1) is 0 Å². The van der Waals surface area contributed by atoms with E-state index in [9.17, 15) is 0 Å². The number of nitrogens with one attached hydrogen (secondary N) is 1. The molecule has 1 aliphatic rings. The molecule has 0 radical (unpaired) electrons. The molecule has 0 spiro atoms. The van der Waals surface area contributed by atoms with Crippen LogP contribution in [-0.2, 0) is 0 Å². The lowest BCUT2D eigenvalue weighted by atomic mass is 9.78. The van der Waals surface area contributed by atoms with Crippen LogP contribution in [0.25, 0.3) is 0 Å². The molecule has 20 heavy (non-hydrogen) atoms. The first-order valence-electron chi connectivity index (χ1n) is 7.70. The summed E-state index contributed by atoms with van der Waals surface area (Å²) in [6.45, 7) is 0. The molecule has 0 amide bonds. The molecule has 0 aromatic heterocycles. The van der Waals surface area contributed by atoms with Crippen LogP contribution in [-0.4, -0.2) is 31.6 Å². The van der Waals surface area contributed by atoms with Gasteiger partial charge in [-0.1, -0.05) is 49.4 Å². The molecule has 1 aromatic carbocycles. The molecule has 1 N–H and O–H groups in total. The fourth-order valence-corrected chi connectivity index (χ4v) is 3.97. The lowest BCUT2D eigenvalue weighted by molar-refractivity contribution is 0.0834. The highest BCUT2D eigenvalue weighted by Crippen LogP contribution is 2.41. The molecule has 0 heterocycles. The second kappa shape index (κ2) is 6.93. The van der Waals surface area contributed by atoms with Gasteiger partial charge in [-0.15, -0.1) is 0 Å². The second-order valence-electron chi connectivity index (χ2n) is 6.19. The standard InChI is InChI=1S/C17H27ClN2/c1-19-16(14-9-8-10-15(18)13-14)17(20(2)3)11-6-4-5-7-12-17/h8-10,13,16,19H,4-7,11-12H2,1-3H3. The second-order valence-corrected chi connectivity index (χ2v) is 6.63. The molecule has 112 valence electrons. The molecular formula is C17H27ClN2. The minimum Gasteiger partial charge on any atom is -0.311 e. The normalized spacial score (nSPS) is 20.6. The van der Waals surface area contributed by atoms with Crippen LogP contribution in [0.2, 0.25) is 5.02 Å². The molecule has 1 fully saturated rings. The Morgan fingerprint density at radius 2 is 1.80 bits per heavy atom. The summed E-state index contributed by atoms with van der Waals surface area (Å²) in [4.78, 5) is 2.43. The van der Waals surface area contributed by atoms with Crippen molar-refractivity contribution < 1.29 is 0 Å². The maximum absolute atomic E-state index is 6.20. The van der Waals surface area contributed by atoms with Gasteiger partial charge in [0.05, 0.1) is 6.04 Å². The Morgan fingerprint density at radius 1 is 1.15 bits per heavy atom. The van der Waals surface area contributed by atoms with Crippen molar-refractivity contribution in [2.75, 3.05) is 21.1 Å². The molecule has 0 saturated heterocycles. The highest BCUT2D eigenvalue weighted by molar-refractivity contribution is 6.30. The van der Waals surface area contributed by atoms with Crippen molar-refractivity contribution in [2.45, 2.75) is 50.1 Å². The third-order valence-corrected chi connectivity index (χ3v) is 5.10. The van der Waals surface area contributed by atoms with Gasteiger partial charge >= 0.3 is 0 Å². The highest BCUT2D eigenvalue weighted by Gasteiger charge is 2.40. The average Bonchev–Trinajstić information content (AvgIpc) is 2.67. The van der Waals surface area contributed by atoms with Gasteiger partial charge in [0, 0.05) is 10.6 Å². The summed E-state index contributed by atoms with van der Waals surface area (Å²) in [5.41, 5.74) is 1.49. The van der Waals surface area contributed by atoms with Crippen molar-refractivity contribution in [1.82, 2.24) is 10.2 Å². The maximum atomic E-state index is 6.20. The third-order valence-electron chi connectivity index (χ3n) is 4.87. The van der Waals surface area contributed by atoms with Crippen LogP contribution >= 0.6 is 11.6 Å². The summed E-state index contributed by atoms with van der Waals surface area (Å²) < 4.78 is 0. The van der Waals surface area contributed by atoms with Crippen LogP contribution in [0.4, 0.5) is 0 Å². The van der Waals surface area contributed by atoms with Gasteiger partial charge in [0.15, 0.2) is 0 Å². The Hall–Kier alpha value is -0.570. The Bertz CT molecular complexity index is 423. The number of nitrogens with zero attached hydrogens (tertiary/aromatic N) is 1. The van der Waals surface area contributed by atoms with Crippen LogP contribution in [0.5, 0.6) is 0 Å². The Kier molecular flexibility index (Phi) is 5.48. The molecule has 1 saturated carbocycles. The highest BCUT2D eigenvalue weighted by atomic mass is 35.5. The molecule has 2 rings (SSSR count). The van der Waals surface area contributed by atoms with E-state index in [1.54, 1.807) is 0 Å². The average molecular weight is 295 g/mol. The van der Waals surface area contributed by atoms with E-state index in [1.807, 2.05) is 6.07 Å². The summed E-state index contributed by atoms with van der Waals surface area (Å²) in [6.07, 6.45) is 7.85. The predicted molar refractivity (Wildman–Crippen MR) is 87.4 cm³/mol. The van der Waals surface area contributed by atoms with Gasteiger partial charge in [-0.05, 0) is 51.7 Å². The minimum atomic E-state index is 0.190. The molecule has 2 nitrogen and oxygen atoms in total. The summed E-state index contributed by atoms with van der Waals surface area (Å²) in [7, 11) is 6.52. The summed E-state index contributed by atoms with van der Waals surface area (Å²) in [6, 6.07) is 8.64. The molecule has 1 unspecified atom stereocenters. The monoisotopic (exact) mass is 294 g/mol. The van der Waals surface area contributed by atoms with Crippen LogP contribution in [0.15, 0.2) is 24.3 Å². The van der Waals surface area contributed by atoms with Gasteiger partial charge in [0.1, 0.15) is 0 Å². The number of benzene rings is 1. The largest absolute Gasteiger partial charge is 0.311 e. The Morgan fingerprint density at radius 3 is 2.30 bits per heavy atom. The van der Waals surface area contributed by atoms with Gasteiger partial charge < -0.3 is 10.2 Å². The summed E-state index contributed by atoms with van der Waals surface area (Å²) >= 11 is 6.20. The van der Waals surface area contributed by atoms with Crippen LogP contribution < -0.4 is 5.32 Å². The van der Waals surface area contributed by atoms with Crippen molar-refractivity contribution in [1.29, 1.82) is 0 Å². The van der Waals surface area contributed by atoms with E-state index in [2.05, 4.69) is 49.6 Å². The van der Waals surface area contributed by atoms with Crippen molar-refractivity contribution in [3.63, 3.8) is 0 Å². The maximum Gasteiger partial charge on any atom is 0.0505 e. The van der Waals surface area contributed by atoms with E-state index < -0.39 is 0 Å². The number of hydrogen-bond donors (Lipinski definition) is 1. The van der Waals surface area contributed by atoms with E-state index in [-0.39, 0.29) is 5.54 Å². The quantitative estimate of drug-likeness (QED) is 0.835. The van der Waals surface area contributed by atoms with E-state index in [0.29, 0.717) is 6.04 Å². The van der Waals surface area contributed by atoms with E-state index >= 15 is 0 Å².